The average molecular weight is 248 g/mol. The number of benzene rings is 1. The second kappa shape index (κ2) is 5.66. The first-order chi connectivity index (χ1) is 8.58. The molecule has 1 nitrogen and oxygen atoms in total. The van der Waals surface area contributed by atoms with Crippen LogP contribution in [-0.2, 0) is 0 Å². The Morgan fingerprint density at radius 2 is 2.06 bits per heavy atom. The van der Waals surface area contributed by atoms with Crippen molar-refractivity contribution in [2.45, 2.75) is 52.1 Å². The molecule has 0 aromatic heterocycles. The zero-order valence-corrected chi connectivity index (χ0v) is 11.2. The van der Waals surface area contributed by atoms with Gasteiger partial charge in [0, 0.05) is 5.56 Å². The Kier molecular flexibility index (Phi) is 4.18. The molecule has 0 aliphatic heterocycles. The Balaban J connectivity index is 2.18. The van der Waals surface area contributed by atoms with E-state index in [1.54, 1.807) is 0 Å². The maximum Gasteiger partial charge on any atom is 0.129 e. The lowest BCUT2D eigenvalue weighted by atomic mass is 9.91. The molecule has 0 saturated heterocycles. The van der Waals surface area contributed by atoms with Gasteiger partial charge < -0.3 is 5.11 Å². The summed E-state index contributed by atoms with van der Waals surface area (Å²) in [5, 5.41) is 10.2. The van der Waals surface area contributed by atoms with Crippen molar-refractivity contribution in [1.82, 2.24) is 0 Å². The molecule has 0 fully saturated rings. The van der Waals surface area contributed by atoms with Gasteiger partial charge in [0.25, 0.3) is 0 Å². The normalized spacial score (nSPS) is 17.4. The first-order valence-corrected chi connectivity index (χ1v) is 6.70. The summed E-state index contributed by atoms with van der Waals surface area (Å²) in [5.74, 6) is -0.281. The first-order valence-electron chi connectivity index (χ1n) is 6.70. The minimum Gasteiger partial charge on any atom is -0.388 e. The molecular weight excluding hydrogens is 227 g/mol. The van der Waals surface area contributed by atoms with Gasteiger partial charge in [-0.1, -0.05) is 17.7 Å². The fourth-order valence-corrected chi connectivity index (χ4v) is 2.79. The smallest absolute Gasteiger partial charge is 0.129 e. The van der Waals surface area contributed by atoms with Gasteiger partial charge in [0.15, 0.2) is 0 Å². The van der Waals surface area contributed by atoms with Gasteiger partial charge in [-0.2, -0.15) is 0 Å². The van der Waals surface area contributed by atoms with E-state index in [-0.39, 0.29) is 5.82 Å². The molecule has 2 heteroatoms. The van der Waals surface area contributed by atoms with Crippen molar-refractivity contribution in [3.05, 3.63) is 46.3 Å². The standard InChI is InChI=1S/C16H21FO/c1-11-8-12(2)16(14(17)9-11)15(18)10-13-6-4-3-5-7-13/h6,8-9,15,18H,3-5,7,10H2,1-2H3. The van der Waals surface area contributed by atoms with Crippen LogP contribution in [0.4, 0.5) is 4.39 Å². The fraction of sp³-hybridized carbons (Fsp3) is 0.500. The van der Waals surface area contributed by atoms with Gasteiger partial charge in [0.05, 0.1) is 6.10 Å². The summed E-state index contributed by atoms with van der Waals surface area (Å²) in [6.07, 6.45) is 6.62. The van der Waals surface area contributed by atoms with E-state index in [1.165, 1.54) is 24.5 Å². The summed E-state index contributed by atoms with van der Waals surface area (Å²) < 4.78 is 13.9. The minimum absolute atomic E-state index is 0.281. The second-order valence-corrected chi connectivity index (χ2v) is 5.31. The van der Waals surface area contributed by atoms with E-state index in [4.69, 9.17) is 0 Å². The SMILES string of the molecule is Cc1cc(C)c(C(O)CC2=CCCCC2)c(F)c1. The van der Waals surface area contributed by atoms with Crippen molar-refractivity contribution >= 4 is 0 Å². The molecule has 1 aliphatic rings. The van der Waals surface area contributed by atoms with Gasteiger partial charge in [0.1, 0.15) is 5.82 Å². The van der Waals surface area contributed by atoms with Gasteiger partial charge in [-0.25, -0.2) is 4.39 Å². The zero-order valence-electron chi connectivity index (χ0n) is 11.2. The summed E-state index contributed by atoms with van der Waals surface area (Å²) in [6.45, 7) is 3.74. The molecule has 1 N–H and O–H groups in total. The van der Waals surface area contributed by atoms with Crippen molar-refractivity contribution in [3.63, 3.8) is 0 Å². The van der Waals surface area contributed by atoms with Crippen LogP contribution in [0.2, 0.25) is 0 Å². The molecule has 0 saturated carbocycles. The summed E-state index contributed by atoms with van der Waals surface area (Å²) in [7, 11) is 0. The predicted molar refractivity (Wildman–Crippen MR) is 72.0 cm³/mol. The summed E-state index contributed by atoms with van der Waals surface area (Å²) in [6, 6.07) is 3.43. The van der Waals surface area contributed by atoms with Gasteiger partial charge in [-0.3, -0.25) is 0 Å². The Morgan fingerprint density at radius 1 is 1.28 bits per heavy atom. The van der Waals surface area contributed by atoms with Crippen LogP contribution < -0.4 is 0 Å². The Morgan fingerprint density at radius 3 is 2.67 bits per heavy atom. The highest BCUT2D eigenvalue weighted by Crippen LogP contribution is 2.30. The molecule has 0 amide bonds. The summed E-state index contributed by atoms with van der Waals surface area (Å²) in [5.41, 5.74) is 3.48. The number of hydrogen-bond donors (Lipinski definition) is 1. The predicted octanol–water partition coefficient (Wildman–Crippen LogP) is 4.37. The number of rotatable bonds is 3. The average Bonchev–Trinajstić information content (AvgIpc) is 2.28. The molecule has 1 aromatic carbocycles. The fourth-order valence-electron chi connectivity index (χ4n) is 2.79. The molecule has 0 spiro atoms. The van der Waals surface area contributed by atoms with E-state index in [0.29, 0.717) is 12.0 Å². The molecule has 1 aromatic rings. The van der Waals surface area contributed by atoms with Gasteiger partial charge >= 0.3 is 0 Å². The third-order valence-electron chi connectivity index (χ3n) is 3.65. The number of hydrogen-bond acceptors (Lipinski definition) is 1. The molecule has 0 radical (unpaired) electrons. The largest absolute Gasteiger partial charge is 0.388 e. The monoisotopic (exact) mass is 248 g/mol. The van der Waals surface area contributed by atoms with E-state index >= 15 is 0 Å². The minimum atomic E-state index is -0.713. The quantitative estimate of drug-likeness (QED) is 0.788. The topological polar surface area (TPSA) is 20.2 Å². The van der Waals surface area contributed by atoms with Crippen molar-refractivity contribution < 1.29 is 9.50 Å². The van der Waals surface area contributed by atoms with Crippen LogP contribution in [0.5, 0.6) is 0 Å². The lowest BCUT2D eigenvalue weighted by molar-refractivity contribution is 0.171. The van der Waals surface area contributed by atoms with Crippen molar-refractivity contribution in [2.24, 2.45) is 0 Å². The molecular formula is C16H21FO. The van der Waals surface area contributed by atoms with Crippen LogP contribution in [0.1, 0.15) is 54.9 Å². The van der Waals surface area contributed by atoms with E-state index in [2.05, 4.69) is 6.08 Å². The summed E-state index contributed by atoms with van der Waals surface area (Å²) in [4.78, 5) is 0. The second-order valence-electron chi connectivity index (χ2n) is 5.31. The Labute approximate surface area is 108 Å². The Bertz CT molecular complexity index is 439. The van der Waals surface area contributed by atoms with E-state index in [9.17, 15) is 9.50 Å². The van der Waals surface area contributed by atoms with Crippen LogP contribution in [-0.4, -0.2) is 5.11 Å². The molecule has 1 aliphatic carbocycles. The molecule has 1 atom stereocenters. The van der Waals surface area contributed by atoms with Crippen LogP contribution in [0.25, 0.3) is 0 Å². The Hall–Kier alpha value is -1.15. The first kappa shape index (κ1) is 13.3. The molecule has 98 valence electrons. The lowest BCUT2D eigenvalue weighted by Gasteiger charge is -2.19. The number of aliphatic hydroxyl groups is 1. The third-order valence-corrected chi connectivity index (χ3v) is 3.65. The molecule has 1 unspecified atom stereocenters. The highest BCUT2D eigenvalue weighted by atomic mass is 19.1. The van der Waals surface area contributed by atoms with Crippen molar-refractivity contribution in [1.29, 1.82) is 0 Å². The zero-order chi connectivity index (χ0) is 13.1. The highest BCUT2D eigenvalue weighted by molar-refractivity contribution is 5.34. The van der Waals surface area contributed by atoms with Crippen LogP contribution in [0.3, 0.4) is 0 Å². The summed E-state index contributed by atoms with van der Waals surface area (Å²) >= 11 is 0. The molecule has 18 heavy (non-hydrogen) atoms. The van der Waals surface area contributed by atoms with E-state index in [0.717, 1.165) is 24.0 Å². The van der Waals surface area contributed by atoms with E-state index in [1.807, 2.05) is 19.9 Å². The molecule has 0 heterocycles. The van der Waals surface area contributed by atoms with Crippen molar-refractivity contribution in [2.75, 3.05) is 0 Å². The third kappa shape index (κ3) is 2.99. The van der Waals surface area contributed by atoms with Crippen molar-refractivity contribution in [3.8, 4) is 0 Å². The number of aliphatic hydroxyl groups excluding tert-OH is 1. The molecule has 2 rings (SSSR count). The van der Waals surface area contributed by atoms with Gasteiger partial charge in [-0.05, 0) is 63.1 Å². The maximum absolute atomic E-state index is 13.9. The number of halogens is 1. The van der Waals surface area contributed by atoms with Crippen LogP contribution >= 0.6 is 0 Å². The van der Waals surface area contributed by atoms with Gasteiger partial charge in [0.2, 0.25) is 0 Å². The lowest BCUT2D eigenvalue weighted by Crippen LogP contribution is -2.06. The molecule has 0 bridgehead atoms. The van der Waals surface area contributed by atoms with Crippen LogP contribution in [0, 0.1) is 19.7 Å². The highest BCUT2D eigenvalue weighted by Gasteiger charge is 2.18. The van der Waals surface area contributed by atoms with Gasteiger partial charge in [-0.15, -0.1) is 0 Å². The number of allylic oxidation sites excluding steroid dienone is 1. The number of aryl methyl sites for hydroxylation is 2. The van der Waals surface area contributed by atoms with E-state index < -0.39 is 6.10 Å². The maximum atomic E-state index is 13.9. The van der Waals surface area contributed by atoms with Crippen LogP contribution in [0.15, 0.2) is 23.8 Å².